The van der Waals surface area contributed by atoms with Gasteiger partial charge < -0.3 is 10.1 Å². The fraction of sp³-hybridized carbons (Fsp3) is 0.750. The molecule has 0 aliphatic heterocycles. The van der Waals surface area contributed by atoms with Crippen molar-refractivity contribution in [1.29, 1.82) is 0 Å². The summed E-state index contributed by atoms with van der Waals surface area (Å²) < 4.78 is 20.4. The van der Waals surface area contributed by atoms with Crippen LogP contribution in [-0.2, 0) is 17.8 Å². The van der Waals surface area contributed by atoms with Crippen molar-refractivity contribution in [2.24, 2.45) is 0 Å². The summed E-state index contributed by atoms with van der Waals surface area (Å²) in [5.74, 6) is -0.220. The van der Waals surface area contributed by atoms with Gasteiger partial charge in [-0.15, -0.1) is 0 Å². The van der Waals surface area contributed by atoms with Gasteiger partial charge in [0.15, 0.2) is 0 Å². The molecule has 0 unspecified atom stereocenters. The SMILES string of the molecule is CCOCCCNCc1c(C)nn(CC)c1F. The summed E-state index contributed by atoms with van der Waals surface area (Å²) >= 11 is 0. The van der Waals surface area contributed by atoms with Crippen LogP contribution in [0.4, 0.5) is 4.39 Å². The lowest BCUT2D eigenvalue weighted by molar-refractivity contribution is 0.144. The molecule has 0 radical (unpaired) electrons. The Hall–Kier alpha value is -0.940. The van der Waals surface area contributed by atoms with Crippen molar-refractivity contribution < 1.29 is 9.13 Å². The van der Waals surface area contributed by atoms with Crippen molar-refractivity contribution >= 4 is 0 Å². The van der Waals surface area contributed by atoms with Crippen LogP contribution in [0.15, 0.2) is 0 Å². The highest BCUT2D eigenvalue weighted by Gasteiger charge is 2.12. The summed E-state index contributed by atoms with van der Waals surface area (Å²) in [5.41, 5.74) is 1.44. The van der Waals surface area contributed by atoms with E-state index in [1.165, 1.54) is 4.68 Å². The normalized spacial score (nSPS) is 11.1. The summed E-state index contributed by atoms with van der Waals surface area (Å²) in [6.45, 7) is 9.12. The Morgan fingerprint density at radius 1 is 1.41 bits per heavy atom. The molecule has 1 aromatic rings. The quantitative estimate of drug-likeness (QED) is 0.708. The molecule has 0 bridgehead atoms. The third-order valence-corrected chi connectivity index (χ3v) is 2.63. The monoisotopic (exact) mass is 243 g/mol. The van der Waals surface area contributed by atoms with E-state index in [1.807, 2.05) is 20.8 Å². The van der Waals surface area contributed by atoms with Crippen LogP contribution in [0.2, 0.25) is 0 Å². The van der Waals surface area contributed by atoms with Gasteiger partial charge in [0, 0.05) is 31.9 Å². The van der Waals surface area contributed by atoms with E-state index < -0.39 is 0 Å². The molecule has 0 fully saturated rings. The van der Waals surface area contributed by atoms with Gasteiger partial charge in [0.05, 0.1) is 5.69 Å². The first-order valence-electron chi connectivity index (χ1n) is 6.20. The van der Waals surface area contributed by atoms with Gasteiger partial charge in [-0.3, -0.25) is 0 Å². The standard InChI is InChI=1S/C12H22FN3O/c1-4-16-12(13)11(10(3)15-16)9-14-7-6-8-17-5-2/h14H,4-9H2,1-3H3. The van der Waals surface area contributed by atoms with Crippen LogP contribution in [0.3, 0.4) is 0 Å². The zero-order valence-corrected chi connectivity index (χ0v) is 10.9. The molecule has 1 aromatic heterocycles. The predicted octanol–water partition coefficient (Wildman–Crippen LogP) is 1.87. The van der Waals surface area contributed by atoms with E-state index in [0.29, 0.717) is 18.7 Å². The maximum Gasteiger partial charge on any atom is 0.216 e. The van der Waals surface area contributed by atoms with Crippen molar-refractivity contribution in [2.75, 3.05) is 19.8 Å². The minimum absolute atomic E-state index is 0.220. The minimum Gasteiger partial charge on any atom is -0.382 e. The fourth-order valence-corrected chi connectivity index (χ4v) is 1.66. The number of aromatic nitrogens is 2. The van der Waals surface area contributed by atoms with E-state index in [2.05, 4.69) is 10.4 Å². The highest BCUT2D eigenvalue weighted by molar-refractivity contribution is 5.17. The Balaban J connectivity index is 2.34. The molecular weight excluding hydrogens is 221 g/mol. The maximum absolute atomic E-state index is 13.8. The second-order valence-corrected chi connectivity index (χ2v) is 3.90. The lowest BCUT2D eigenvalue weighted by Crippen LogP contribution is -2.17. The molecule has 17 heavy (non-hydrogen) atoms. The smallest absolute Gasteiger partial charge is 0.216 e. The van der Waals surface area contributed by atoms with Gasteiger partial charge in [0.2, 0.25) is 5.95 Å². The van der Waals surface area contributed by atoms with Gasteiger partial charge in [-0.1, -0.05) is 0 Å². The van der Waals surface area contributed by atoms with Crippen LogP contribution >= 0.6 is 0 Å². The third kappa shape index (κ3) is 4.09. The maximum atomic E-state index is 13.8. The van der Waals surface area contributed by atoms with Crippen LogP contribution in [-0.4, -0.2) is 29.5 Å². The number of aryl methyl sites for hydroxylation is 2. The highest BCUT2D eigenvalue weighted by atomic mass is 19.1. The highest BCUT2D eigenvalue weighted by Crippen LogP contribution is 2.11. The van der Waals surface area contributed by atoms with E-state index >= 15 is 0 Å². The number of rotatable bonds is 8. The first kappa shape index (κ1) is 14.1. The number of halogens is 1. The van der Waals surface area contributed by atoms with Gasteiger partial charge >= 0.3 is 0 Å². The van der Waals surface area contributed by atoms with Crippen LogP contribution in [0.25, 0.3) is 0 Å². The minimum atomic E-state index is -0.220. The number of ether oxygens (including phenoxy) is 1. The lowest BCUT2D eigenvalue weighted by atomic mass is 10.2. The van der Waals surface area contributed by atoms with Crippen LogP contribution < -0.4 is 5.32 Å². The molecule has 0 amide bonds. The number of nitrogens with one attached hydrogen (secondary N) is 1. The van der Waals surface area contributed by atoms with Gasteiger partial charge in [-0.05, 0) is 33.7 Å². The van der Waals surface area contributed by atoms with E-state index in [9.17, 15) is 4.39 Å². The molecule has 0 atom stereocenters. The van der Waals surface area contributed by atoms with E-state index in [-0.39, 0.29) is 5.95 Å². The van der Waals surface area contributed by atoms with Crippen molar-refractivity contribution in [2.45, 2.75) is 40.3 Å². The molecule has 0 aromatic carbocycles. The third-order valence-electron chi connectivity index (χ3n) is 2.63. The van der Waals surface area contributed by atoms with Gasteiger partial charge in [-0.25, -0.2) is 4.68 Å². The Bertz CT molecular complexity index is 339. The van der Waals surface area contributed by atoms with Crippen LogP contribution in [0, 0.1) is 12.9 Å². The Kier molecular flexibility index (Phi) is 6.15. The molecule has 0 aliphatic carbocycles. The van der Waals surface area contributed by atoms with Crippen molar-refractivity contribution in [3.05, 3.63) is 17.2 Å². The van der Waals surface area contributed by atoms with Gasteiger partial charge in [0.1, 0.15) is 0 Å². The molecule has 98 valence electrons. The average Bonchev–Trinajstić information content (AvgIpc) is 2.60. The summed E-state index contributed by atoms with van der Waals surface area (Å²) in [7, 11) is 0. The van der Waals surface area contributed by atoms with Crippen molar-refractivity contribution in [3.63, 3.8) is 0 Å². The average molecular weight is 243 g/mol. The fourth-order valence-electron chi connectivity index (χ4n) is 1.66. The first-order valence-corrected chi connectivity index (χ1v) is 6.20. The van der Waals surface area contributed by atoms with E-state index in [0.717, 1.165) is 31.9 Å². The lowest BCUT2D eigenvalue weighted by Gasteiger charge is -2.04. The molecule has 0 aliphatic rings. The zero-order valence-electron chi connectivity index (χ0n) is 10.9. The summed E-state index contributed by atoms with van der Waals surface area (Å²) in [6, 6.07) is 0. The topological polar surface area (TPSA) is 39.1 Å². The van der Waals surface area contributed by atoms with Crippen molar-refractivity contribution in [3.8, 4) is 0 Å². The molecule has 0 saturated carbocycles. The van der Waals surface area contributed by atoms with E-state index in [1.54, 1.807) is 0 Å². The number of hydrogen-bond acceptors (Lipinski definition) is 3. The second-order valence-electron chi connectivity index (χ2n) is 3.90. The Morgan fingerprint density at radius 2 is 2.18 bits per heavy atom. The molecule has 4 nitrogen and oxygen atoms in total. The van der Waals surface area contributed by atoms with Gasteiger partial charge in [0.25, 0.3) is 0 Å². The Labute approximate surface area is 102 Å². The Morgan fingerprint density at radius 3 is 2.76 bits per heavy atom. The largest absolute Gasteiger partial charge is 0.382 e. The van der Waals surface area contributed by atoms with Crippen LogP contribution in [0.1, 0.15) is 31.5 Å². The van der Waals surface area contributed by atoms with E-state index in [4.69, 9.17) is 4.74 Å². The predicted molar refractivity (Wildman–Crippen MR) is 65.4 cm³/mol. The number of nitrogens with zero attached hydrogens (tertiary/aromatic N) is 2. The summed E-state index contributed by atoms with van der Waals surface area (Å²) in [5, 5.41) is 7.34. The molecule has 1 N–H and O–H groups in total. The van der Waals surface area contributed by atoms with Crippen molar-refractivity contribution in [1.82, 2.24) is 15.1 Å². The summed E-state index contributed by atoms with van der Waals surface area (Å²) in [4.78, 5) is 0. The molecular formula is C12H22FN3O. The molecule has 1 heterocycles. The molecule has 5 heteroatoms. The summed E-state index contributed by atoms with van der Waals surface area (Å²) in [6.07, 6.45) is 0.941. The molecule has 1 rings (SSSR count). The second kappa shape index (κ2) is 7.40. The number of hydrogen-bond donors (Lipinski definition) is 1. The molecule has 0 spiro atoms. The first-order chi connectivity index (χ1) is 8.20. The molecule has 0 saturated heterocycles. The zero-order chi connectivity index (χ0) is 12.7. The van der Waals surface area contributed by atoms with Gasteiger partial charge in [-0.2, -0.15) is 9.49 Å². The van der Waals surface area contributed by atoms with Crippen LogP contribution in [0.5, 0.6) is 0 Å².